The van der Waals surface area contributed by atoms with Crippen molar-refractivity contribution in [1.82, 2.24) is 0 Å². The second-order valence-corrected chi connectivity index (χ2v) is 9.72. The molecule has 5 aromatic rings. The van der Waals surface area contributed by atoms with Crippen LogP contribution < -0.4 is 24.3 Å². The van der Waals surface area contributed by atoms with Gasteiger partial charge >= 0.3 is 23.9 Å². The molecule has 1 N–H and O–H groups in total. The van der Waals surface area contributed by atoms with Crippen LogP contribution in [0, 0.1) is 0 Å². The molecule has 0 aliphatic heterocycles. The first-order chi connectivity index (χ1) is 21.6. The molecule has 0 spiro atoms. The van der Waals surface area contributed by atoms with Crippen LogP contribution in [0.1, 0.15) is 44.9 Å². The van der Waals surface area contributed by atoms with E-state index in [9.17, 15) is 24.0 Å². The molecule has 1 amide bonds. The molecule has 0 unspecified atom stereocenters. The first-order valence-electron chi connectivity index (χ1n) is 13.6. The van der Waals surface area contributed by atoms with E-state index in [1.165, 1.54) is 62.4 Å². The Morgan fingerprint density at radius 1 is 0.467 bits per heavy atom. The Hall–Kier alpha value is -6.29. The Kier molecular flexibility index (Phi) is 8.95. The summed E-state index contributed by atoms with van der Waals surface area (Å²) in [4.78, 5) is 60.7. The number of hydrogen-bond acceptors (Lipinski definition) is 9. The molecule has 0 fully saturated rings. The largest absolute Gasteiger partial charge is 0.427 e. The maximum atomic E-state index is 12.8. The van der Waals surface area contributed by atoms with Crippen molar-refractivity contribution in [3.05, 3.63) is 126 Å². The molecule has 10 heteroatoms. The third kappa shape index (κ3) is 7.96. The summed E-state index contributed by atoms with van der Waals surface area (Å²) >= 11 is 0. The van der Waals surface area contributed by atoms with Crippen LogP contribution in [-0.4, -0.2) is 29.8 Å². The second kappa shape index (κ2) is 13.3. The molecule has 45 heavy (non-hydrogen) atoms. The van der Waals surface area contributed by atoms with Gasteiger partial charge in [0.25, 0.3) is 5.91 Å². The zero-order valence-corrected chi connectivity index (χ0v) is 24.1. The van der Waals surface area contributed by atoms with E-state index in [1.54, 1.807) is 60.7 Å². The normalized spacial score (nSPS) is 10.4. The molecule has 0 heterocycles. The van der Waals surface area contributed by atoms with Crippen molar-refractivity contribution in [2.45, 2.75) is 13.8 Å². The summed E-state index contributed by atoms with van der Waals surface area (Å²) in [6.45, 7) is 2.60. The minimum Gasteiger partial charge on any atom is -0.427 e. The monoisotopic (exact) mass is 603 g/mol. The van der Waals surface area contributed by atoms with E-state index in [-0.39, 0.29) is 28.2 Å². The molecule has 0 saturated heterocycles. The lowest BCUT2D eigenvalue weighted by molar-refractivity contribution is -0.132. The number of rotatable bonds is 8. The fraction of sp³-hybridized carbons (Fsp3) is 0.0571. The number of esters is 4. The Labute approximate surface area is 257 Å². The summed E-state index contributed by atoms with van der Waals surface area (Å²) in [5.41, 5.74) is 0.979. The molecule has 0 bridgehead atoms. The SMILES string of the molecule is CC(=O)Oc1cccc(NC(=O)c2cccc(C(=O)Oc3ccc(C(=O)Oc4ccc5cc(OC(C)=O)ccc5c4)cc3)c2)c1. The molecular formula is C35H25NO9. The standard InChI is InChI=1S/C35H25NO9/c1-21(37)42-30-8-4-7-28(20-30)36-33(39)26-5-3-6-27(17-26)35(41)44-29-13-9-23(10-14-29)34(40)45-32-16-12-24-18-31(43-22(2)38)15-11-25(24)19-32/h3-20H,1-2H3,(H,36,39). The Morgan fingerprint density at radius 3 is 1.62 bits per heavy atom. The van der Waals surface area contributed by atoms with Gasteiger partial charge in [-0.1, -0.05) is 24.3 Å². The highest BCUT2D eigenvalue weighted by Gasteiger charge is 2.15. The van der Waals surface area contributed by atoms with Crippen molar-refractivity contribution in [3.8, 4) is 23.0 Å². The number of hydrogen-bond donors (Lipinski definition) is 1. The van der Waals surface area contributed by atoms with E-state index < -0.39 is 29.8 Å². The van der Waals surface area contributed by atoms with Crippen LogP contribution in [0.4, 0.5) is 5.69 Å². The van der Waals surface area contributed by atoms with E-state index in [2.05, 4.69) is 5.32 Å². The average molecular weight is 604 g/mol. The summed E-state index contributed by atoms with van der Waals surface area (Å²) in [5, 5.41) is 4.28. The zero-order chi connectivity index (χ0) is 31.9. The average Bonchev–Trinajstić information content (AvgIpc) is 3.01. The van der Waals surface area contributed by atoms with Crippen LogP contribution in [0.25, 0.3) is 10.8 Å². The van der Waals surface area contributed by atoms with E-state index in [0.717, 1.165) is 10.8 Å². The molecule has 0 aliphatic rings. The first kappa shape index (κ1) is 30.2. The summed E-state index contributed by atoms with van der Waals surface area (Å²) in [7, 11) is 0. The molecule has 10 nitrogen and oxygen atoms in total. The van der Waals surface area contributed by atoms with Crippen molar-refractivity contribution in [1.29, 1.82) is 0 Å². The van der Waals surface area contributed by atoms with Crippen LogP contribution in [-0.2, 0) is 9.59 Å². The molecule has 0 aromatic heterocycles. The fourth-order valence-electron chi connectivity index (χ4n) is 4.28. The van der Waals surface area contributed by atoms with Gasteiger partial charge in [-0.3, -0.25) is 14.4 Å². The summed E-state index contributed by atoms with van der Waals surface area (Å²) in [6.07, 6.45) is 0. The Bertz CT molecular complexity index is 1950. The van der Waals surface area contributed by atoms with Gasteiger partial charge in [-0.15, -0.1) is 0 Å². The van der Waals surface area contributed by atoms with Crippen molar-refractivity contribution < 1.29 is 42.9 Å². The maximum absolute atomic E-state index is 12.8. The molecule has 5 rings (SSSR count). The van der Waals surface area contributed by atoms with Gasteiger partial charge in [0, 0.05) is 31.2 Å². The molecule has 224 valence electrons. The molecule has 0 radical (unpaired) electrons. The van der Waals surface area contributed by atoms with Crippen LogP contribution in [0.3, 0.4) is 0 Å². The van der Waals surface area contributed by atoms with Crippen molar-refractivity contribution in [2.75, 3.05) is 5.32 Å². The number of fused-ring (bicyclic) bond motifs is 1. The Morgan fingerprint density at radius 2 is 0.978 bits per heavy atom. The number of nitrogens with one attached hydrogen (secondary N) is 1. The van der Waals surface area contributed by atoms with Gasteiger partial charge in [0.2, 0.25) is 0 Å². The third-order valence-electron chi connectivity index (χ3n) is 6.27. The number of amides is 1. The first-order valence-corrected chi connectivity index (χ1v) is 13.6. The minimum absolute atomic E-state index is 0.135. The molecule has 5 aromatic carbocycles. The van der Waals surface area contributed by atoms with Gasteiger partial charge in [-0.05, 0) is 89.6 Å². The highest BCUT2D eigenvalue weighted by atomic mass is 16.5. The molecular weight excluding hydrogens is 578 g/mol. The number of carbonyl (C=O) groups excluding carboxylic acids is 5. The quantitative estimate of drug-likeness (QED) is 0.158. The molecule has 0 atom stereocenters. The van der Waals surface area contributed by atoms with Gasteiger partial charge in [0.15, 0.2) is 0 Å². The van der Waals surface area contributed by atoms with E-state index in [0.29, 0.717) is 17.2 Å². The van der Waals surface area contributed by atoms with Crippen LogP contribution >= 0.6 is 0 Å². The van der Waals surface area contributed by atoms with Gasteiger partial charge < -0.3 is 24.3 Å². The fourth-order valence-corrected chi connectivity index (χ4v) is 4.28. The smallest absolute Gasteiger partial charge is 0.343 e. The van der Waals surface area contributed by atoms with E-state index >= 15 is 0 Å². The summed E-state index contributed by atoms with van der Waals surface area (Å²) in [5.74, 6) is -1.50. The lowest BCUT2D eigenvalue weighted by Gasteiger charge is -2.09. The number of benzene rings is 5. The van der Waals surface area contributed by atoms with Crippen LogP contribution in [0.2, 0.25) is 0 Å². The van der Waals surface area contributed by atoms with Gasteiger partial charge in [0.1, 0.15) is 23.0 Å². The van der Waals surface area contributed by atoms with Crippen molar-refractivity contribution in [3.63, 3.8) is 0 Å². The van der Waals surface area contributed by atoms with Gasteiger partial charge in [0.05, 0.1) is 11.1 Å². The van der Waals surface area contributed by atoms with Gasteiger partial charge in [-0.2, -0.15) is 0 Å². The van der Waals surface area contributed by atoms with E-state index in [1.807, 2.05) is 0 Å². The van der Waals surface area contributed by atoms with Crippen molar-refractivity contribution in [2.24, 2.45) is 0 Å². The predicted molar refractivity (Wildman–Crippen MR) is 164 cm³/mol. The lowest BCUT2D eigenvalue weighted by Crippen LogP contribution is -2.14. The number of anilines is 1. The van der Waals surface area contributed by atoms with E-state index in [4.69, 9.17) is 18.9 Å². The summed E-state index contributed by atoms with van der Waals surface area (Å²) < 4.78 is 21.1. The Balaban J connectivity index is 1.19. The summed E-state index contributed by atoms with van der Waals surface area (Å²) in [6, 6.07) is 28.3. The third-order valence-corrected chi connectivity index (χ3v) is 6.27. The van der Waals surface area contributed by atoms with Crippen LogP contribution in [0.15, 0.2) is 109 Å². The second-order valence-electron chi connectivity index (χ2n) is 9.72. The minimum atomic E-state index is -0.704. The highest BCUT2D eigenvalue weighted by Crippen LogP contribution is 2.26. The lowest BCUT2D eigenvalue weighted by atomic mass is 10.1. The predicted octanol–water partition coefficient (Wildman–Crippen LogP) is 6.38. The maximum Gasteiger partial charge on any atom is 0.343 e. The van der Waals surface area contributed by atoms with Crippen LogP contribution in [0.5, 0.6) is 23.0 Å². The van der Waals surface area contributed by atoms with Gasteiger partial charge in [-0.25, -0.2) is 9.59 Å². The number of carbonyl (C=O) groups is 5. The molecule has 0 saturated carbocycles. The highest BCUT2D eigenvalue weighted by molar-refractivity contribution is 6.06. The number of ether oxygens (including phenoxy) is 4. The topological polar surface area (TPSA) is 134 Å². The molecule has 0 aliphatic carbocycles. The van der Waals surface area contributed by atoms with Crippen molar-refractivity contribution >= 4 is 46.2 Å². The zero-order valence-electron chi connectivity index (χ0n) is 24.1.